The quantitative estimate of drug-likeness (QED) is 0.814. The zero-order chi connectivity index (χ0) is 20.9. The van der Waals surface area contributed by atoms with Gasteiger partial charge in [0.25, 0.3) is 0 Å². The van der Waals surface area contributed by atoms with Crippen LogP contribution in [0.4, 0.5) is 23.7 Å². The topological polar surface area (TPSA) is 77.1 Å². The van der Waals surface area contributed by atoms with Gasteiger partial charge in [0.05, 0.1) is 14.2 Å². The minimum absolute atomic E-state index is 0.152. The Labute approximate surface area is 160 Å². The molecule has 2 rings (SSSR count). The second-order valence-corrected chi connectivity index (χ2v) is 6.44. The third-order valence-electron chi connectivity index (χ3n) is 4.47. The van der Waals surface area contributed by atoms with Gasteiger partial charge >= 0.3 is 12.3 Å². The number of hydrogen-bond acceptors (Lipinski definition) is 5. The summed E-state index contributed by atoms with van der Waals surface area (Å²) >= 11 is 0. The standard InChI is InChI=1S/C18H23F3N2O5/c1-11-8-14(26-2)15(27-3)9-13(11)22-16(24)12-4-6-23(7-5-12)17(25)28-10-18(19,20)21/h8-9,12H,4-7,10H2,1-3H3,(H,22,24). The number of rotatable bonds is 5. The fourth-order valence-electron chi connectivity index (χ4n) is 2.91. The maximum Gasteiger partial charge on any atom is 0.422 e. The molecule has 0 spiro atoms. The average Bonchev–Trinajstić information content (AvgIpc) is 2.66. The van der Waals surface area contributed by atoms with E-state index in [4.69, 9.17) is 9.47 Å². The molecule has 1 aliphatic heterocycles. The van der Waals surface area contributed by atoms with E-state index in [1.807, 2.05) is 6.92 Å². The minimum atomic E-state index is -4.56. The number of anilines is 1. The summed E-state index contributed by atoms with van der Waals surface area (Å²) in [5.41, 5.74) is 1.37. The van der Waals surface area contributed by atoms with Gasteiger partial charge in [0.15, 0.2) is 18.1 Å². The number of aryl methyl sites for hydroxylation is 1. The molecule has 1 heterocycles. The molecule has 1 saturated heterocycles. The third kappa shape index (κ3) is 5.67. The SMILES string of the molecule is COc1cc(C)c(NC(=O)C2CCN(C(=O)OCC(F)(F)F)CC2)cc1OC. The summed E-state index contributed by atoms with van der Waals surface area (Å²) in [7, 11) is 3.01. The Hall–Kier alpha value is -2.65. The molecule has 10 heteroatoms. The number of amides is 2. The van der Waals surface area contributed by atoms with Crippen molar-refractivity contribution in [1.82, 2.24) is 4.90 Å². The Morgan fingerprint density at radius 1 is 1.14 bits per heavy atom. The number of benzene rings is 1. The molecule has 1 aliphatic rings. The predicted molar refractivity (Wildman–Crippen MR) is 94.6 cm³/mol. The number of hydrogen-bond donors (Lipinski definition) is 1. The van der Waals surface area contributed by atoms with Gasteiger partial charge in [0.1, 0.15) is 0 Å². The zero-order valence-corrected chi connectivity index (χ0v) is 15.9. The molecule has 7 nitrogen and oxygen atoms in total. The Bertz CT molecular complexity index is 716. The lowest BCUT2D eigenvalue weighted by atomic mass is 9.96. The number of piperidine rings is 1. The van der Waals surface area contributed by atoms with Crippen LogP contribution in [0.3, 0.4) is 0 Å². The maximum atomic E-state index is 12.5. The number of likely N-dealkylation sites (tertiary alicyclic amines) is 1. The molecule has 0 unspecified atom stereocenters. The Morgan fingerprint density at radius 2 is 1.71 bits per heavy atom. The Kier molecular flexibility index (Phi) is 6.98. The number of nitrogens with one attached hydrogen (secondary N) is 1. The summed E-state index contributed by atoms with van der Waals surface area (Å²) in [4.78, 5) is 25.4. The Balaban J connectivity index is 1.91. The van der Waals surface area contributed by atoms with E-state index >= 15 is 0 Å². The van der Waals surface area contributed by atoms with E-state index < -0.39 is 18.9 Å². The van der Waals surface area contributed by atoms with Gasteiger partial charge in [0, 0.05) is 30.8 Å². The predicted octanol–water partition coefficient (Wildman–Crippen LogP) is 3.36. The summed E-state index contributed by atoms with van der Waals surface area (Å²) in [5.74, 6) is 0.437. The summed E-state index contributed by atoms with van der Waals surface area (Å²) in [5, 5.41) is 2.84. The van der Waals surface area contributed by atoms with Crippen LogP contribution in [-0.4, -0.2) is 57.0 Å². The van der Waals surface area contributed by atoms with Gasteiger partial charge in [-0.15, -0.1) is 0 Å². The fourth-order valence-corrected chi connectivity index (χ4v) is 2.91. The van der Waals surface area contributed by atoms with E-state index in [9.17, 15) is 22.8 Å². The van der Waals surface area contributed by atoms with Gasteiger partial charge in [-0.1, -0.05) is 0 Å². The van der Waals surface area contributed by atoms with E-state index in [1.54, 1.807) is 12.1 Å². The highest BCUT2D eigenvalue weighted by Gasteiger charge is 2.33. The molecule has 1 aromatic carbocycles. The second kappa shape index (κ2) is 9.03. The van der Waals surface area contributed by atoms with Crippen LogP contribution in [0.5, 0.6) is 11.5 Å². The van der Waals surface area contributed by atoms with Crippen molar-refractivity contribution in [2.75, 3.05) is 39.2 Å². The lowest BCUT2D eigenvalue weighted by molar-refractivity contribution is -0.162. The smallest absolute Gasteiger partial charge is 0.422 e. The number of methoxy groups -OCH3 is 2. The van der Waals surface area contributed by atoms with E-state index in [0.29, 0.717) is 30.0 Å². The van der Waals surface area contributed by atoms with E-state index in [0.717, 1.165) is 5.56 Å². The van der Waals surface area contributed by atoms with Crippen molar-refractivity contribution in [3.63, 3.8) is 0 Å². The Morgan fingerprint density at radius 3 is 2.25 bits per heavy atom. The number of carbonyl (C=O) groups excluding carboxylic acids is 2. The van der Waals surface area contributed by atoms with Crippen molar-refractivity contribution in [2.24, 2.45) is 5.92 Å². The van der Waals surface area contributed by atoms with Crippen LogP contribution in [0, 0.1) is 12.8 Å². The van der Waals surface area contributed by atoms with Crippen molar-refractivity contribution >= 4 is 17.7 Å². The molecule has 0 radical (unpaired) electrons. The highest BCUT2D eigenvalue weighted by Crippen LogP contribution is 2.33. The second-order valence-electron chi connectivity index (χ2n) is 6.44. The molecule has 1 aromatic rings. The van der Waals surface area contributed by atoms with Crippen LogP contribution in [0.1, 0.15) is 18.4 Å². The van der Waals surface area contributed by atoms with Crippen molar-refractivity contribution in [3.05, 3.63) is 17.7 Å². The lowest BCUT2D eigenvalue weighted by Gasteiger charge is -2.30. The monoisotopic (exact) mass is 404 g/mol. The van der Waals surface area contributed by atoms with E-state index in [1.165, 1.54) is 19.1 Å². The van der Waals surface area contributed by atoms with Crippen LogP contribution in [0.25, 0.3) is 0 Å². The van der Waals surface area contributed by atoms with Crippen LogP contribution >= 0.6 is 0 Å². The highest BCUT2D eigenvalue weighted by atomic mass is 19.4. The first-order valence-corrected chi connectivity index (χ1v) is 8.66. The number of nitrogens with zero attached hydrogens (tertiary/aromatic N) is 1. The van der Waals surface area contributed by atoms with Crippen LogP contribution in [0.2, 0.25) is 0 Å². The number of alkyl halides is 3. The van der Waals surface area contributed by atoms with E-state index in [-0.39, 0.29) is 24.9 Å². The minimum Gasteiger partial charge on any atom is -0.493 e. The maximum absolute atomic E-state index is 12.5. The van der Waals surface area contributed by atoms with Gasteiger partial charge in [-0.25, -0.2) is 4.79 Å². The van der Waals surface area contributed by atoms with Crippen LogP contribution < -0.4 is 14.8 Å². The summed E-state index contributed by atoms with van der Waals surface area (Å²) < 4.78 is 51.1. The molecule has 0 aliphatic carbocycles. The molecule has 1 N–H and O–H groups in total. The molecule has 0 atom stereocenters. The van der Waals surface area contributed by atoms with Crippen molar-refractivity contribution < 1.29 is 37.0 Å². The van der Waals surface area contributed by atoms with Crippen molar-refractivity contribution in [2.45, 2.75) is 25.9 Å². The first-order chi connectivity index (χ1) is 13.1. The molecule has 2 amide bonds. The molecule has 0 aromatic heterocycles. The van der Waals surface area contributed by atoms with Crippen LogP contribution in [-0.2, 0) is 9.53 Å². The van der Waals surface area contributed by atoms with Gasteiger partial charge < -0.3 is 24.4 Å². The third-order valence-corrected chi connectivity index (χ3v) is 4.47. The molecule has 0 saturated carbocycles. The number of ether oxygens (including phenoxy) is 3. The first kappa shape index (κ1) is 21.6. The van der Waals surface area contributed by atoms with Gasteiger partial charge in [-0.05, 0) is 31.4 Å². The summed E-state index contributed by atoms with van der Waals surface area (Å²) in [6.07, 6.45) is -4.92. The lowest BCUT2D eigenvalue weighted by Crippen LogP contribution is -2.42. The number of halogens is 3. The largest absolute Gasteiger partial charge is 0.493 e. The molecule has 0 bridgehead atoms. The van der Waals surface area contributed by atoms with Crippen molar-refractivity contribution in [3.8, 4) is 11.5 Å². The molecule has 28 heavy (non-hydrogen) atoms. The average molecular weight is 404 g/mol. The first-order valence-electron chi connectivity index (χ1n) is 8.66. The zero-order valence-electron chi connectivity index (χ0n) is 15.9. The fraction of sp³-hybridized carbons (Fsp3) is 0.556. The number of carbonyl (C=O) groups is 2. The highest BCUT2D eigenvalue weighted by molar-refractivity contribution is 5.93. The van der Waals surface area contributed by atoms with Gasteiger partial charge in [-0.2, -0.15) is 13.2 Å². The summed E-state index contributed by atoms with van der Waals surface area (Å²) in [6.45, 7) is 0.501. The summed E-state index contributed by atoms with van der Waals surface area (Å²) in [6, 6.07) is 3.41. The normalized spacial score (nSPS) is 15.1. The molecular weight excluding hydrogens is 381 g/mol. The van der Waals surface area contributed by atoms with E-state index in [2.05, 4.69) is 10.1 Å². The molecular formula is C18H23F3N2O5. The van der Waals surface area contributed by atoms with Crippen LogP contribution in [0.15, 0.2) is 12.1 Å². The van der Waals surface area contributed by atoms with Gasteiger partial charge in [-0.3, -0.25) is 4.79 Å². The molecule has 156 valence electrons. The molecule has 1 fully saturated rings. The van der Waals surface area contributed by atoms with Crippen molar-refractivity contribution in [1.29, 1.82) is 0 Å². The van der Waals surface area contributed by atoms with Gasteiger partial charge in [0.2, 0.25) is 5.91 Å².